The van der Waals surface area contributed by atoms with Crippen molar-refractivity contribution in [3.8, 4) is 0 Å². The van der Waals surface area contributed by atoms with Gasteiger partial charge >= 0.3 is 0 Å². The first-order chi connectivity index (χ1) is 18.4. The lowest BCUT2D eigenvalue weighted by Crippen LogP contribution is -2.33. The van der Waals surface area contributed by atoms with Crippen molar-refractivity contribution in [3.05, 3.63) is 35.1 Å². The molecular formula is C24H31FN6O4S. The number of anilines is 1. The number of halogens is 1. The van der Waals surface area contributed by atoms with Crippen LogP contribution in [0.1, 0.15) is 53.4 Å². The van der Waals surface area contributed by atoms with Gasteiger partial charge in [0.05, 0.1) is 29.4 Å². The van der Waals surface area contributed by atoms with Gasteiger partial charge < -0.3 is 25.4 Å². The van der Waals surface area contributed by atoms with Gasteiger partial charge in [0.2, 0.25) is 0 Å². The van der Waals surface area contributed by atoms with Gasteiger partial charge in [0, 0.05) is 24.1 Å². The van der Waals surface area contributed by atoms with Crippen LogP contribution < -0.4 is 5.32 Å². The second-order valence-corrected chi connectivity index (χ2v) is 10.2. The Morgan fingerprint density at radius 1 is 1.31 bits per heavy atom. The number of benzene rings is 1. The van der Waals surface area contributed by atoms with E-state index < -0.39 is 43.5 Å². The molecule has 0 bridgehead atoms. The molecular weight excluding hydrogens is 487 g/mol. The van der Waals surface area contributed by atoms with E-state index >= 15 is 0 Å². The van der Waals surface area contributed by atoms with Crippen LogP contribution in [0.15, 0.2) is 23.4 Å². The van der Waals surface area contributed by atoms with Gasteiger partial charge in [-0.2, -0.15) is 0 Å². The lowest BCUT2D eigenvalue weighted by atomic mass is 10.1. The number of aromatic nitrogens is 5. The quantitative estimate of drug-likeness (QED) is 0.232. The number of aryl methyl sites for hydroxylation is 1. The number of ether oxygens (including phenoxy) is 1. The van der Waals surface area contributed by atoms with E-state index in [1.165, 1.54) is 22.5 Å². The van der Waals surface area contributed by atoms with Crippen molar-refractivity contribution >= 4 is 28.7 Å². The fourth-order valence-corrected chi connectivity index (χ4v) is 5.19. The number of rotatable bonds is 10. The Balaban J connectivity index is 1.44. The van der Waals surface area contributed by atoms with Gasteiger partial charge in [-0.25, -0.2) is 19.0 Å². The Hall–Kier alpha value is -2.38. The van der Waals surface area contributed by atoms with Gasteiger partial charge in [-0.05, 0) is 37.0 Å². The van der Waals surface area contributed by atoms with Crippen LogP contribution >= 0.6 is 11.8 Å². The van der Waals surface area contributed by atoms with Gasteiger partial charge in [0.1, 0.15) is 18.0 Å². The summed E-state index contributed by atoms with van der Waals surface area (Å²) in [4.78, 5) is 9.20. The molecule has 2 aliphatic carbocycles. The molecule has 2 aliphatic rings. The summed E-state index contributed by atoms with van der Waals surface area (Å²) in [6.45, 7) is 0.459. The highest BCUT2D eigenvalue weighted by Crippen LogP contribution is 2.44. The highest BCUT2D eigenvalue weighted by Gasteiger charge is 2.45. The van der Waals surface area contributed by atoms with E-state index in [1.807, 2.05) is 13.0 Å². The van der Waals surface area contributed by atoms with Gasteiger partial charge in [0.15, 0.2) is 22.1 Å². The minimum Gasteiger partial charge on any atom is -0.394 e. The highest BCUT2D eigenvalue weighted by atomic mass is 32.2. The molecule has 36 heavy (non-hydrogen) atoms. The molecule has 194 valence electrons. The monoisotopic (exact) mass is 521 g/mol. The SMILES string of the molecule is [2H]C([2H])(O)CO[C@H]1C[C@@H](n2nnc3c(N[C@]4([2H])C[C@H]4c4ccc(C)c(F)c4)nc(SCCC)nc32)[C@H](O)[C@@H]1O. The lowest BCUT2D eigenvalue weighted by Gasteiger charge is -2.17. The van der Waals surface area contributed by atoms with Crippen molar-refractivity contribution in [1.29, 1.82) is 0 Å². The first-order valence-corrected chi connectivity index (χ1v) is 12.9. The lowest BCUT2D eigenvalue weighted by molar-refractivity contribution is -0.0629. The van der Waals surface area contributed by atoms with Crippen LogP contribution in [0.4, 0.5) is 10.2 Å². The van der Waals surface area contributed by atoms with E-state index in [1.54, 1.807) is 13.0 Å². The molecule has 0 radical (unpaired) electrons. The minimum atomic E-state index is -2.58. The first-order valence-electron chi connectivity index (χ1n) is 13.4. The maximum atomic E-state index is 14.2. The summed E-state index contributed by atoms with van der Waals surface area (Å²) in [6.07, 6.45) is -2.21. The van der Waals surface area contributed by atoms with E-state index in [0.29, 0.717) is 28.6 Å². The number of aliphatic hydroxyl groups is 3. The summed E-state index contributed by atoms with van der Waals surface area (Å²) in [5.41, 5.74) is 1.83. The summed E-state index contributed by atoms with van der Waals surface area (Å²) in [7, 11) is 0. The molecule has 2 saturated carbocycles. The number of fused-ring (bicyclic) bond motifs is 1. The number of aliphatic hydroxyl groups excluding tert-OH is 2. The minimum absolute atomic E-state index is 0.0739. The molecule has 0 saturated heterocycles. The Bertz CT molecular complexity index is 1360. The van der Waals surface area contributed by atoms with Crippen molar-refractivity contribution < 1.29 is 28.6 Å². The molecule has 1 aromatic carbocycles. The molecule has 2 fully saturated rings. The van der Waals surface area contributed by atoms with Crippen molar-refractivity contribution in [2.75, 3.05) is 24.2 Å². The van der Waals surface area contributed by atoms with E-state index in [9.17, 15) is 19.7 Å². The molecule has 3 aromatic rings. The summed E-state index contributed by atoms with van der Waals surface area (Å²) in [5, 5.41) is 42.6. The summed E-state index contributed by atoms with van der Waals surface area (Å²) in [5.74, 6) is 0.469. The summed E-state index contributed by atoms with van der Waals surface area (Å²) >= 11 is 1.42. The van der Waals surface area contributed by atoms with E-state index in [0.717, 1.165) is 17.7 Å². The third-order valence-corrected chi connectivity index (χ3v) is 7.63. The van der Waals surface area contributed by atoms with Gasteiger partial charge in [0.25, 0.3) is 0 Å². The number of nitrogens with one attached hydrogen (secondary N) is 1. The molecule has 2 heterocycles. The Morgan fingerprint density at radius 3 is 2.89 bits per heavy atom. The standard InChI is InChI=1S/C24H31FN6O4S/c1-3-8-36-24-27-22(26-16-10-14(16)13-5-4-12(2)15(25)9-13)19-23(28-24)31(30-29-19)17-11-18(35-7-6-32)21(34)20(17)33/h4-5,9,14,16-18,20-21,32-34H,3,6-8,10-11H2,1-2H3,(H,26,27,28)/t14-,16+,17+,18-,20-,21+/m0/s1/i6D2,16D. The van der Waals surface area contributed by atoms with Crippen molar-refractivity contribution in [2.24, 2.45) is 0 Å². The van der Waals surface area contributed by atoms with E-state index in [2.05, 4.69) is 25.6 Å². The number of thioether (sulfide) groups is 1. The Kier molecular flexibility index (Phi) is 6.35. The van der Waals surface area contributed by atoms with Gasteiger partial charge in [-0.1, -0.05) is 36.0 Å². The van der Waals surface area contributed by atoms with Crippen molar-refractivity contribution in [1.82, 2.24) is 25.0 Å². The molecule has 5 rings (SSSR count). The zero-order valence-corrected chi connectivity index (χ0v) is 20.7. The van der Waals surface area contributed by atoms with E-state index in [4.69, 9.17) is 8.85 Å². The molecule has 0 aliphatic heterocycles. The second-order valence-electron chi connectivity index (χ2n) is 9.12. The maximum absolute atomic E-state index is 14.2. The predicted molar refractivity (Wildman–Crippen MR) is 133 cm³/mol. The molecule has 12 heteroatoms. The zero-order valence-electron chi connectivity index (χ0n) is 22.9. The van der Waals surface area contributed by atoms with Gasteiger partial charge in [-0.15, -0.1) is 5.10 Å². The van der Waals surface area contributed by atoms with Gasteiger partial charge in [-0.3, -0.25) is 0 Å². The number of nitrogens with zero attached hydrogens (tertiary/aromatic N) is 5. The molecule has 0 spiro atoms. The van der Waals surface area contributed by atoms with Crippen LogP contribution in [0, 0.1) is 12.7 Å². The topological polar surface area (TPSA) is 138 Å². The Labute approximate surface area is 216 Å². The van der Waals surface area contributed by atoms with Crippen LogP contribution in [-0.4, -0.2) is 83.5 Å². The molecule has 6 atom stereocenters. The van der Waals surface area contributed by atoms with Crippen LogP contribution in [0.5, 0.6) is 0 Å². The van der Waals surface area contributed by atoms with Crippen LogP contribution in [0.3, 0.4) is 0 Å². The second kappa shape index (κ2) is 10.5. The average molecular weight is 522 g/mol. The molecule has 0 amide bonds. The largest absolute Gasteiger partial charge is 0.394 e. The zero-order chi connectivity index (χ0) is 28.1. The summed E-state index contributed by atoms with van der Waals surface area (Å²) in [6, 6.07) is 3.05. The van der Waals surface area contributed by atoms with Crippen molar-refractivity contribution in [3.63, 3.8) is 0 Å². The molecule has 10 nitrogen and oxygen atoms in total. The fraction of sp³-hybridized carbons (Fsp3) is 0.583. The smallest absolute Gasteiger partial charge is 0.191 e. The number of hydrogen-bond donors (Lipinski definition) is 4. The fourth-order valence-electron chi connectivity index (χ4n) is 4.49. The first kappa shape index (κ1) is 21.7. The third-order valence-electron chi connectivity index (χ3n) is 6.58. The Morgan fingerprint density at radius 2 is 2.14 bits per heavy atom. The number of hydrogen-bond acceptors (Lipinski definition) is 10. The summed E-state index contributed by atoms with van der Waals surface area (Å²) < 4.78 is 44.3. The van der Waals surface area contributed by atoms with Crippen LogP contribution in [0.25, 0.3) is 11.2 Å². The normalized spacial score (nSPS) is 31.3. The third kappa shape index (κ3) is 4.92. The van der Waals surface area contributed by atoms with E-state index in [-0.39, 0.29) is 23.7 Å². The molecule has 2 aromatic heterocycles. The predicted octanol–water partition coefficient (Wildman–Crippen LogP) is 2.18. The molecule has 4 N–H and O–H groups in total. The maximum Gasteiger partial charge on any atom is 0.191 e. The average Bonchev–Trinajstić information content (AvgIpc) is 3.21. The highest BCUT2D eigenvalue weighted by molar-refractivity contribution is 7.99. The van der Waals surface area contributed by atoms with Crippen LogP contribution in [0.2, 0.25) is 0 Å². The van der Waals surface area contributed by atoms with Crippen LogP contribution in [-0.2, 0) is 4.74 Å². The molecule has 0 unspecified atom stereocenters. The van der Waals surface area contributed by atoms with Crippen molar-refractivity contribution in [2.45, 2.75) is 74.6 Å².